The second-order valence-electron chi connectivity index (χ2n) is 5.27. The number of rotatable bonds is 4. The number of halogens is 2. The van der Waals surface area contributed by atoms with E-state index in [9.17, 15) is 8.78 Å². The van der Waals surface area contributed by atoms with Crippen molar-refractivity contribution in [3.63, 3.8) is 0 Å². The molecule has 2 nitrogen and oxygen atoms in total. The Bertz CT molecular complexity index is 415. The molecule has 0 saturated carbocycles. The SMILES string of the molecule is Cc1ccc([C@@H](CC(F)F)N2CCNCC2)cc1C. The van der Waals surface area contributed by atoms with E-state index < -0.39 is 6.43 Å². The molecule has 1 aromatic rings. The number of alkyl halides is 2. The van der Waals surface area contributed by atoms with Gasteiger partial charge in [0.05, 0.1) is 0 Å². The van der Waals surface area contributed by atoms with Gasteiger partial charge in [0.2, 0.25) is 6.43 Å². The fourth-order valence-corrected chi connectivity index (χ4v) is 2.63. The molecule has 0 amide bonds. The van der Waals surface area contributed by atoms with E-state index in [1.807, 2.05) is 26.0 Å². The van der Waals surface area contributed by atoms with Crippen molar-refractivity contribution in [3.05, 3.63) is 34.9 Å². The minimum absolute atomic E-state index is 0.0809. The molecule has 1 aliphatic heterocycles. The van der Waals surface area contributed by atoms with E-state index in [0.29, 0.717) is 0 Å². The number of hydrogen-bond donors (Lipinski definition) is 1. The lowest BCUT2D eigenvalue weighted by molar-refractivity contribution is 0.0739. The van der Waals surface area contributed by atoms with Crippen LogP contribution in [-0.4, -0.2) is 37.5 Å². The van der Waals surface area contributed by atoms with Crippen LogP contribution in [0.2, 0.25) is 0 Å². The second-order valence-corrected chi connectivity index (χ2v) is 5.27. The summed E-state index contributed by atoms with van der Waals surface area (Å²) in [6.07, 6.45) is -2.34. The lowest BCUT2D eigenvalue weighted by atomic mass is 9.97. The van der Waals surface area contributed by atoms with Crippen LogP contribution in [0.4, 0.5) is 8.78 Å². The van der Waals surface area contributed by atoms with Crippen LogP contribution in [-0.2, 0) is 0 Å². The molecule has 0 unspecified atom stereocenters. The van der Waals surface area contributed by atoms with Crippen LogP contribution in [0.1, 0.15) is 29.2 Å². The van der Waals surface area contributed by atoms with Crippen molar-refractivity contribution in [1.29, 1.82) is 0 Å². The Morgan fingerprint density at radius 3 is 2.42 bits per heavy atom. The van der Waals surface area contributed by atoms with E-state index >= 15 is 0 Å². The topological polar surface area (TPSA) is 15.3 Å². The summed E-state index contributed by atoms with van der Waals surface area (Å²) >= 11 is 0. The van der Waals surface area contributed by atoms with Gasteiger partial charge < -0.3 is 5.32 Å². The van der Waals surface area contributed by atoms with Crippen LogP contribution in [0.3, 0.4) is 0 Å². The highest BCUT2D eigenvalue weighted by Gasteiger charge is 2.25. The number of nitrogens with one attached hydrogen (secondary N) is 1. The molecule has 106 valence electrons. The first-order valence-corrected chi connectivity index (χ1v) is 6.88. The largest absolute Gasteiger partial charge is 0.314 e. The van der Waals surface area contributed by atoms with Crippen LogP contribution in [0.5, 0.6) is 0 Å². The fourth-order valence-electron chi connectivity index (χ4n) is 2.63. The van der Waals surface area contributed by atoms with Crippen LogP contribution < -0.4 is 5.32 Å². The standard InChI is InChI=1S/C15H22F2N2/c1-11-3-4-13(9-12(11)2)14(10-15(16)17)19-7-5-18-6-8-19/h3-4,9,14-15,18H,5-8,10H2,1-2H3/t14-/m1/s1. The summed E-state index contributed by atoms with van der Waals surface area (Å²) in [6, 6.07) is 5.93. The Morgan fingerprint density at radius 2 is 1.84 bits per heavy atom. The minimum atomic E-state index is -2.26. The van der Waals surface area contributed by atoms with Gasteiger partial charge in [-0.3, -0.25) is 4.90 Å². The predicted octanol–water partition coefficient (Wildman–Crippen LogP) is 2.90. The normalized spacial score (nSPS) is 18.8. The molecule has 0 spiro atoms. The molecule has 1 N–H and O–H groups in total. The zero-order chi connectivity index (χ0) is 13.8. The monoisotopic (exact) mass is 268 g/mol. The van der Waals surface area contributed by atoms with Gasteiger partial charge in [-0.15, -0.1) is 0 Å². The van der Waals surface area contributed by atoms with Gasteiger partial charge in [0.15, 0.2) is 0 Å². The highest BCUT2D eigenvalue weighted by atomic mass is 19.3. The van der Waals surface area contributed by atoms with Gasteiger partial charge in [0.1, 0.15) is 0 Å². The molecule has 1 aromatic carbocycles. The molecule has 1 saturated heterocycles. The van der Waals surface area contributed by atoms with E-state index in [2.05, 4.69) is 16.3 Å². The van der Waals surface area contributed by atoms with Crippen LogP contribution in [0.25, 0.3) is 0 Å². The predicted molar refractivity (Wildman–Crippen MR) is 73.7 cm³/mol. The zero-order valence-electron chi connectivity index (χ0n) is 11.6. The van der Waals surface area contributed by atoms with Crippen molar-refractivity contribution in [1.82, 2.24) is 10.2 Å². The third kappa shape index (κ3) is 3.74. The molecule has 2 rings (SSSR count). The van der Waals surface area contributed by atoms with Crippen LogP contribution in [0.15, 0.2) is 18.2 Å². The molecule has 1 fully saturated rings. The second kappa shape index (κ2) is 6.44. The van der Waals surface area contributed by atoms with Crippen molar-refractivity contribution >= 4 is 0 Å². The van der Waals surface area contributed by atoms with Crippen molar-refractivity contribution < 1.29 is 8.78 Å². The van der Waals surface area contributed by atoms with E-state index in [1.165, 1.54) is 11.1 Å². The molecule has 1 heterocycles. The first-order chi connectivity index (χ1) is 9.08. The van der Waals surface area contributed by atoms with Crippen molar-refractivity contribution in [2.24, 2.45) is 0 Å². The quantitative estimate of drug-likeness (QED) is 0.903. The Hall–Kier alpha value is -1.00. The van der Waals surface area contributed by atoms with Gasteiger partial charge in [-0.05, 0) is 30.5 Å². The van der Waals surface area contributed by atoms with Crippen LogP contribution in [0, 0.1) is 13.8 Å². The Labute approximate surface area is 113 Å². The van der Waals surface area contributed by atoms with E-state index in [-0.39, 0.29) is 12.5 Å². The number of nitrogens with zero attached hydrogens (tertiary/aromatic N) is 1. The third-order valence-corrected chi connectivity index (χ3v) is 3.91. The van der Waals surface area contributed by atoms with E-state index in [0.717, 1.165) is 31.7 Å². The number of hydrogen-bond acceptors (Lipinski definition) is 2. The van der Waals surface area contributed by atoms with Crippen LogP contribution >= 0.6 is 0 Å². The molecule has 0 radical (unpaired) electrons. The van der Waals surface area contributed by atoms with Gasteiger partial charge in [0, 0.05) is 38.6 Å². The molecule has 1 atom stereocenters. The molecule has 0 aromatic heterocycles. The summed E-state index contributed by atoms with van der Waals surface area (Å²) in [4.78, 5) is 2.17. The number of aryl methyl sites for hydroxylation is 2. The number of benzene rings is 1. The summed E-state index contributed by atoms with van der Waals surface area (Å²) in [7, 11) is 0. The molecule has 19 heavy (non-hydrogen) atoms. The average Bonchev–Trinajstić information content (AvgIpc) is 2.40. The zero-order valence-corrected chi connectivity index (χ0v) is 11.6. The minimum Gasteiger partial charge on any atom is -0.314 e. The lowest BCUT2D eigenvalue weighted by Crippen LogP contribution is -2.45. The van der Waals surface area contributed by atoms with Crippen molar-refractivity contribution in [2.45, 2.75) is 32.7 Å². The fraction of sp³-hybridized carbons (Fsp3) is 0.600. The Balaban J connectivity index is 2.22. The smallest absolute Gasteiger partial charge is 0.240 e. The maximum absolute atomic E-state index is 12.9. The molecular weight excluding hydrogens is 246 g/mol. The summed E-state index contributed by atoms with van der Waals surface area (Å²) in [5.41, 5.74) is 3.40. The van der Waals surface area contributed by atoms with Gasteiger partial charge in [-0.1, -0.05) is 18.2 Å². The summed E-state index contributed by atoms with van der Waals surface area (Å²) in [5.74, 6) is 0. The van der Waals surface area contributed by atoms with Crippen molar-refractivity contribution in [2.75, 3.05) is 26.2 Å². The first kappa shape index (κ1) is 14.4. The lowest BCUT2D eigenvalue weighted by Gasteiger charge is -2.35. The Morgan fingerprint density at radius 1 is 1.16 bits per heavy atom. The van der Waals surface area contributed by atoms with E-state index in [4.69, 9.17) is 0 Å². The van der Waals surface area contributed by atoms with Gasteiger partial charge >= 0.3 is 0 Å². The summed E-state index contributed by atoms with van der Waals surface area (Å²) < 4.78 is 25.7. The molecular formula is C15H22F2N2. The molecule has 1 aliphatic rings. The summed E-state index contributed by atoms with van der Waals surface area (Å²) in [5, 5.41) is 3.27. The third-order valence-electron chi connectivity index (χ3n) is 3.91. The maximum Gasteiger partial charge on any atom is 0.240 e. The molecule has 4 heteroatoms. The van der Waals surface area contributed by atoms with Gasteiger partial charge in [-0.2, -0.15) is 0 Å². The molecule has 0 bridgehead atoms. The average molecular weight is 268 g/mol. The number of piperazine rings is 1. The van der Waals surface area contributed by atoms with Gasteiger partial charge in [-0.25, -0.2) is 8.78 Å². The molecule has 0 aliphatic carbocycles. The Kier molecular flexibility index (Phi) is 4.88. The first-order valence-electron chi connectivity index (χ1n) is 6.88. The van der Waals surface area contributed by atoms with Crippen molar-refractivity contribution in [3.8, 4) is 0 Å². The maximum atomic E-state index is 12.9. The highest BCUT2D eigenvalue weighted by molar-refractivity contribution is 5.32. The van der Waals surface area contributed by atoms with E-state index in [1.54, 1.807) is 0 Å². The highest BCUT2D eigenvalue weighted by Crippen LogP contribution is 2.28. The van der Waals surface area contributed by atoms with Gasteiger partial charge in [0.25, 0.3) is 0 Å². The summed E-state index contributed by atoms with van der Waals surface area (Å²) in [6.45, 7) is 7.52.